The summed E-state index contributed by atoms with van der Waals surface area (Å²) < 4.78 is 24.0. The molecule has 0 aliphatic rings. The summed E-state index contributed by atoms with van der Waals surface area (Å²) in [7, 11) is 1.57. The Morgan fingerprint density at radius 1 is 1.47 bits per heavy atom. The first kappa shape index (κ1) is 12.1. The van der Waals surface area contributed by atoms with Crippen molar-refractivity contribution >= 4 is 21.8 Å². The summed E-state index contributed by atoms with van der Waals surface area (Å²) in [6, 6.07) is 4.79. The molecular weight excluding hydrogens is 291 g/mol. The molecule has 2 aromatic rings. The minimum Gasteiger partial charge on any atom is -0.380 e. The van der Waals surface area contributed by atoms with Crippen LogP contribution in [0.1, 0.15) is 5.56 Å². The van der Waals surface area contributed by atoms with Crippen LogP contribution < -0.4 is 5.73 Å². The highest BCUT2D eigenvalue weighted by Gasteiger charge is 2.14. The third kappa shape index (κ3) is 2.48. The van der Waals surface area contributed by atoms with Gasteiger partial charge < -0.3 is 15.0 Å². The summed E-state index contributed by atoms with van der Waals surface area (Å²) in [5.74, 6) is -0.258. The Morgan fingerprint density at radius 2 is 2.24 bits per heavy atom. The largest absolute Gasteiger partial charge is 0.380 e. The predicted molar refractivity (Wildman–Crippen MR) is 64.7 cm³/mol. The van der Waals surface area contributed by atoms with Crippen LogP contribution in [-0.4, -0.2) is 12.3 Å². The maximum atomic E-state index is 13.9. The predicted octanol–water partition coefficient (Wildman–Crippen LogP) is 2.97. The molecule has 90 valence electrons. The van der Waals surface area contributed by atoms with Gasteiger partial charge >= 0.3 is 0 Å². The minimum absolute atomic E-state index is 0.146. The van der Waals surface area contributed by atoms with Gasteiger partial charge in [-0.05, 0) is 33.6 Å². The number of rotatable bonds is 3. The van der Waals surface area contributed by atoms with Crippen molar-refractivity contribution in [1.29, 1.82) is 0 Å². The van der Waals surface area contributed by atoms with Gasteiger partial charge in [0.05, 0.1) is 11.1 Å². The number of nitrogens with zero attached hydrogens (tertiary/aromatic N) is 1. The van der Waals surface area contributed by atoms with Crippen molar-refractivity contribution in [1.82, 2.24) is 5.16 Å². The van der Waals surface area contributed by atoms with Gasteiger partial charge in [0, 0.05) is 18.7 Å². The highest BCUT2D eigenvalue weighted by molar-refractivity contribution is 9.10. The SMILES string of the molecule is COCc1cc(Br)c(F)c(-c2cc(N)on2)c1. The first-order valence-electron chi connectivity index (χ1n) is 4.81. The van der Waals surface area contributed by atoms with Gasteiger partial charge in [-0.15, -0.1) is 0 Å². The molecule has 17 heavy (non-hydrogen) atoms. The molecule has 0 bridgehead atoms. The van der Waals surface area contributed by atoms with Gasteiger partial charge in [0.15, 0.2) is 0 Å². The van der Waals surface area contributed by atoms with E-state index in [1.54, 1.807) is 19.2 Å². The molecule has 0 fully saturated rings. The molecular formula is C11H10BrFN2O2. The molecule has 0 unspecified atom stereocenters. The van der Waals surface area contributed by atoms with Crippen molar-refractivity contribution in [2.45, 2.75) is 6.61 Å². The Morgan fingerprint density at radius 3 is 2.82 bits per heavy atom. The molecule has 2 rings (SSSR count). The lowest BCUT2D eigenvalue weighted by molar-refractivity contribution is 0.185. The first-order valence-corrected chi connectivity index (χ1v) is 5.60. The van der Waals surface area contributed by atoms with Gasteiger partial charge in [0.2, 0.25) is 5.88 Å². The Balaban J connectivity index is 2.52. The molecule has 0 spiro atoms. The molecule has 0 saturated carbocycles. The minimum atomic E-state index is -0.404. The van der Waals surface area contributed by atoms with Crippen LogP contribution in [0.2, 0.25) is 0 Å². The molecule has 4 nitrogen and oxygen atoms in total. The van der Waals surface area contributed by atoms with Crippen LogP contribution in [0.5, 0.6) is 0 Å². The second-order valence-electron chi connectivity index (χ2n) is 3.49. The number of methoxy groups -OCH3 is 1. The number of aromatic nitrogens is 1. The topological polar surface area (TPSA) is 61.3 Å². The number of halogens is 2. The highest BCUT2D eigenvalue weighted by Crippen LogP contribution is 2.30. The fourth-order valence-electron chi connectivity index (χ4n) is 1.50. The summed E-state index contributed by atoms with van der Waals surface area (Å²) in [5.41, 5.74) is 6.93. The average Bonchev–Trinajstić information content (AvgIpc) is 2.70. The second-order valence-corrected chi connectivity index (χ2v) is 4.34. The standard InChI is InChI=1S/C11H10BrFN2O2/c1-16-5-6-2-7(11(13)8(12)3-6)9-4-10(14)17-15-9/h2-4H,5,14H2,1H3. The molecule has 1 aromatic heterocycles. The van der Waals surface area contributed by atoms with E-state index in [-0.39, 0.29) is 5.88 Å². The monoisotopic (exact) mass is 300 g/mol. The smallest absolute Gasteiger partial charge is 0.222 e. The van der Waals surface area contributed by atoms with E-state index in [0.29, 0.717) is 22.3 Å². The van der Waals surface area contributed by atoms with Crippen molar-refractivity contribution in [3.05, 3.63) is 34.1 Å². The lowest BCUT2D eigenvalue weighted by Gasteiger charge is -2.06. The Hall–Kier alpha value is -1.40. The molecule has 6 heteroatoms. The van der Waals surface area contributed by atoms with Gasteiger partial charge in [-0.3, -0.25) is 0 Å². The molecule has 1 heterocycles. The van der Waals surface area contributed by atoms with E-state index in [4.69, 9.17) is 15.0 Å². The fraction of sp³-hybridized carbons (Fsp3) is 0.182. The van der Waals surface area contributed by atoms with Crippen molar-refractivity contribution in [2.24, 2.45) is 0 Å². The Bertz CT molecular complexity index is 542. The number of hydrogen-bond donors (Lipinski definition) is 1. The van der Waals surface area contributed by atoms with Gasteiger partial charge in [-0.2, -0.15) is 0 Å². The maximum Gasteiger partial charge on any atom is 0.222 e. The zero-order chi connectivity index (χ0) is 12.4. The van der Waals surface area contributed by atoms with E-state index in [1.807, 2.05) is 0 Å². The van der Waals surface area contributed by atoms with Crippen molar-refractivity contribution in [3.63, 3.8) is 0 Å². The van der Waals surface area contributed by atoms with Crippen LogP contribution in [0.3, 0.4) is 0 Å². The summed E-state index contributed by atoms with van der Waals surface area (Å²) in [4.78, 5) is 0. The number of ether oxygens (including phenoxy) is 1. The third-order valence-corrected chi connectivity index (χ3v) is 2.78. The molecule has 0 atom stereocenters. The second kappa shape index (κ2) is 4.85. The molecule has 2 N–H and O–H groups in total. The van der Waals surface area contributed by atoms with Gasteiger partial charge in [0.25, 0.3) is 0 Å². The fourth-order valence-corrected chi connectivity index (χ4v) is 2.01. The van der Waals surface area contributed by atoms with Crippen molar-refractivity contribution in [3.8, 4) is 11.3 Å². The van der Waals surface area contributed by atoms with Gasteiger partial charge in [-0.25, -0.2) is 4.39 Å². The van der Waals surface area contributed by atoms with E-state index in [0.717, 1.165) is 5.56 Å². The van der Waals surface area contributed by atoms with Crippen LogP contribution in [0.15, 0.2) is 27.2 Å². The van der Waals surface area contributed by atoms with Crippen LogP contribution in [-0.2, 0) is 11.3 Å². The first-order chi connectivity index (χ1) is 8.11. The quantitative estimate of drug-likeness (QED) is 0.946. The lowest BCUT2D eigenvalue weighted by Crippen LogP contribution is -1.93. The molecule has 1 aromatic carbocycles. The van der Waals surface area contributed by atoms with Gasteiger partial charge in [0.1, 0.15) is 11.5 Å². The van der Waals surface area contributed by atoms with Gasteiger partial charge in [-0.1, -0.05) is 5.16 Å². The van der Waals surface area contributed by atoms with Crippen LogP contribution >= 0.6 is 15.9 Å². The number of anilines is 1. The van der Waals surface area contributed by atoms with Crippen LogP contribution in [0.25, 0.3) is 11.3 Å². The summed E-state index contributed by atoms with van der Waals surface area (Å²) in [6.07, 6.45) is 0. The maximum absolute atomic E-state index is 13.9. The molecule has 0 aliphatic heterocycles. The summed E-state index contributed by atoms with van der Waals surface area (Å²) in [6.45, 7) is 0.388. The van der Waals surface area contributed by atoms with Crippen LogP contribution in [0.4, 0.5) is 10.3 Å². The molecule has 0 radical (unpaired) electrons. The summed E-state index contributed by atoms with van der Waals surface area (Å²) >= 11 is 3.15. The molecule has 0 aliphatic carbocycles. The van der Waals surface area contributed by atoms with E-state index < -0.39 is 5.82 Å². The summed E-state index contributed by atoms with van der Waals surface area (Å²) in [5, 5.41) is 3.69. The van der Waals surface area contributed by atoms with E-state index in [1.165, 1.54) is 6.07 Å². The normalized spacial score (nSPS) is 10.8. The zero-order valence-corrected chi connectivity index (χ0v) is 10.6. The lowest BCUT2D eigenvalue weighted by atomic mass is 10.1. The van der Waals surface area contributed by atoms with Crippen LogP contribution in [0, 0.1) is 5.82 Å². The Kier molecular flexibility index (Phi) is 3.44. The average molecular weight is 301 g/mol. The highest BCUT2D eigenvalue weighted by atomic mass is 79.9. The Labute approximate surface area is 106 Å². The van der Waals surface area contributed by atoms with Crippen molar-refractivity contribution < 1.29 is 13.7 Å². The molecule has 0 saturated heterocycles. The van der Waals surface area contributed by atoms with E-state index in [2.05, 4.69) is 21.1 Å². The number of hydrogen-bond acceptors (Lipinski definition) is 4. The number of nitrogens with two attached hydrogens (primary N) is 1. The van der Waals surface area contributed by atoms with E-state index >= 15 is 0 Å². The number of nitrogen functional groups attached to an aromatic ring is 1. The van der Waals surface area contributed by atoms with E-state index in [9.17, 15) is 4.39 Å². The zero-order valence-electron chi connectivity index (χ0n) is 9.04. The number of benzene rings is 1. The van der Waals surface area contributed by atoms with Crippen molar-refractivity contribution in [2.75, 3.05) is 12.8 Å². The third-order valence-electron chi connectivity index (χ3n) is 2.20. The molecule has 0 amide bonds.